The van der Waals surface area contributed by atoms with E-state index in [-0.39, 0.29) is 11.3 Å². The third kappa shape index (κ3) is 5.79. The smallest absolute Gasteiger partial charge is 0.250 e. The quantitative estimate of drug-likeness (QED) is 0.568. The van der Waals surface area contributed by atoms with Gasteiger partial charge in [0.25, 0.3) is 0 Å². The molecule has 5 nitrogen and oxygen atoms in total. The number of carbonyl (C=O) groups excluding carboxylic acids is 1. The average molecular weight is 436 g/mol. The largest absolute Gasteiger partial charge is 0.379 e. The van der Waals surface area contributed by atoms with E-state index < -0.39 is 0 Å². The fraction of sp³-hybridized carbons (Fsp3) is 0.360. The summed E-state index contributed by atoms with van der Waals surface area (Å²) in [5.74, 6) is -0.174. The number of thiazole rings is 1. The van der Waals surface area contributed by atoms with Crippen LogP contribution in [0.25, 0.3) is 16.3 Å². The lowest BCUT2D eigenvalue weighted by atomic mass is 9.87. The number of hydrogen-bond donors (Lipinski definition) is 1. The van der Waals surface area contributed by atoms with Crippen LogP contribution in [-0.4, -0.2) is 42.1 Å². The number of carbonyl (C=O) groups is 1. The highest BCUT2D eigenvalue weighted by Gasteiger charge is 2.13. The predicted molar refractivity (Wildman–Crippen MR) is 129 cm³/mol. The highest BCUT2D eigenvalue weighted by molar-refractivity contribution is 7.22. The minimum Gasteiger partial charge on any atom is -0.379 e. The zero-order valence-corrected chi connectivity index (χ0v) is 19.2. The standard InChI is InChI=1S/C25H29N3O2S/c1-25(2,3)20-8-4-18(5-9-20)7-11-23(29)27-24-26-21-10-6-19(16-22(21)31-24)17-28-12-14-30-15-13-28/h4-11,16H,12-15,17H2,1-3H3,(H,26,27,29)/b11-7+. The Bertz CT molecular complexity index is 1070. The minimum absolute atomic E-state index is 0.120. The molecule has 1 saturated heterocycles. The van der Waals surface area contributed by atoms with Gasteiger partial charge in [-0.1, -0.05) is 62.4 Å². The molecule has 0 spiro atoms. The summed E-state index contributed by atoms with van der Waals surface area (Å²) in [5, 5.41) is 3.51. The van der Waals surface area contributed by atoms with Crippen LogP contribution in [-0.2, 0) is 21.5 Å². The Morgan fingerprint density at radius 1 is 1.16 bits per heavy atom. The third-order valence-electron chi connectivity index (χ3n) is 5.40. The van der Waals surface area contributed by atoms with Gasteiger partial charge in [-0.25, -0.2) is 4.98 Å². The number of hydrogen-bond acceptors (Lipinski definition) is 5. The van der Waals surface area contributed by atoms with Crippen LogP contribution < -0.4 is 5.32 Å². The molecule has 2 heterocycles. The highest BCUT2D eigenvalue weighted by Crippen LogP contribution is 2.27. The Balaban J connectivity index is 1.38. The van der Waals surface area contributed by atoms with Gasteiger partial charge in [0, 0.05) is 25.7 Å². The molecule has 0 saturated carbocycles. The Morgan fingerprint density at radius 3 is 2.61 bits per heavy atom. The summed E-state index contributed by atoms with van der Waals surface area (Å²) in [6.45, 7) is 11.0. The normalized spacial score (nSPS) is 15.6. The van der Waals surface area contributed by atoms with Gasteiger partial charge in [0.05, 0.1) is 23.4 Å². The first-order chi connectivity index (χ1) is 14.9. The Hall–Kier alpha value is -2.54. The Labute approximate surface area is 187 Å². The second-order valence-corrected chi connectivity index (χ2v) is 9.93. The summed E-state index contributed by atoms with van der Waals surface area (Å²) in [4.78, 5) is 19.3. The SMILES string of the molecule is CC(C)(C)c1ccc(/C=C/C(=O)Nc2nc3ccc(CN4CCOCC4)cc3s2)cc1. The van der Waals surface area contributed by atoms with Gasteiger partial charge in [-0.3, -0.25) is 15.0 Å². The molecular weight excluding hydrogens is 406 g/mol. The molecule has 3 aromatic rings. The number of ether oxygens (including phenoxy) is 1. The zero-order valence-electron chi connectivity index (χ0n) is 18.4. The molecule has 0 unspecified atom stereocenters. The third-order valence-corrected chi connectivity index (χ3v) is 6.33. The first kappa shape index (κ1) is 21.7. The van der Waals surface area contributed by atoms with E-state index in [9.17, 15) is 4.79 Å². The number of benzene rings is 2. The van der Waals surface area contributed by atoms with Crippen molar-refractivity contribution in [1.82, 2.24) is 9.88 Å². The number of fused-ring (bicyclic) bond motifs is 1. The van der Waals surface area contributed by atoms with Crippen LogP contribution in [0.2, 0.25) is 0 Å². The van der Waals surface area contributed by atoms with E-state index in [1.807, 2.05) is 24.3 Å². The Morgan fingerprint density at radius 2 is 1.90 bits per heavy atom. The topological polar surface area (TPSA) is 54.5 Å². The number of morpholine rings is 1. The van der Waals surface area contributed by atoms with Gasteiger partial charge in [-0.05, 0) is 40.3 Å². The predicted octanol–water partition coefficient (Wildman–Crippen LogP) is 5.08. The number of nitrogens with one attached hydrogen (secondary N) is 1. The summed E-state index contributed by atoms with van der Waals surface area (Å²) < 4.78 is 6.51. The molecule has 162 valence electrons. The van der Waals surface area contributed by atoms with Crippen molar-refractivity contribution in [3.63, 3.8) is 0 Å². The van der Waals surface area contributed by atoms with E-state index in [1.54, 1.807) is 6.08 Å². The number of anilines is 1. The molecule has 2 aromatic carbocycles. The second-order valence-electron chi connectivity index (χ2n) is 8.90. The highest BCUT2D eigenvalue weighted by atomic mass is 32.1. The van der Waals surface area contributed by atoms with Gasteiger partial charge >= 0.3 is 0 Å². The number of amides is 1. The van der Waals surface area contributed by atoms with Gasteiger partial charge < -0.3 is 4.74 Å². The fourth-order valence-corrected chi connectivity index (χ4v) is 4.48. The van der Waals surface area contributed by atoms with Crippen LogP contribution in [0.3, 0.4) is 0 Å². The maximum Gasteiger partial charge on any atom is 0.250 e. The molecule has 0 atom stereocenters. The first-order valence-corrected chi connectivity index (χ1v) is 11.5. The lowest BCUT2D eigenvalue weighted by Gasteiger charge is -2.26. The number of aromatic nitrogens is 1. The van der Waals surface area contributed by atoms with Crippen molar-refractivity contribution in [3.8, 4) is 0 Å². The number of rotatable bonds is 5. The molecule has 0 radical (unpaired) electrons. The van der Waals surface area contributed by atoms with Crippen LogP contribution in [0.4, 0.5) is 5.13 Å². The lowest BCUT2D eigenvalue weighted by Crippen LogP contribution is -2.35. The van der Waals surface area contributed by atoms with Crippen molar-refractivity contribution < 1.29 is 9.53 Å². The minimum atomic E-state index is -0.174. The first-order valence-electron chi connectivity index (χ1n) is 10.7. The second kappa shape index (κ2) is 9.30. The van der Waals surface area contributed by atoms with Crippen molar-refractivity contribution in [1.29, 1.82) is 0 Å². The van der Waals surface area contributed by atoms with Gasteiger partial charge in [-0.15, -0.1) is 0 Å². The molecule has 6 heteroatoms. The molecule has 0 bridgehead atoms. The van der Waals surface area contributed by atoms with Gasteiger partial charge in [-0.2, -0.15) is 0 Å². The molecule has 1 aliphatic heterocycles. The lowest BCUT2D eigenvalue weighted by molar-refractivity contribution is -0.111. The van der Waals surface area contributed by atoms with Crippen LogP contribution in [0.15, 0.2) is 48.5 Å². The zero-order chi connectivity index (χ0) is 21.8. The van der Waals surface area contributed by atoms with Crippen molar-refractivity contribution in [2.45, 2.75) is 32.7 Å². The molecule has 31 heavy (non-hydrogen) atoms. The summed E-state index contributed by atoms with van der Waals surface area (Å²) in [6.07, 6.45) is 3.39. The molecule has 4 rings (SSSR count). The van der Waals surface area contributed by atoms with E-state index in [2.05, 4.69) is 60.2 Å². The Kier molecular flexibility index (Phi) is 6.51. The van der Waals surface area contributed by atoms with E-state index in [0.29, 0.717) is 5.13 Å². The molecular formula is C25H29N3O2S. The van der Waals surface area contributed by atoms with E-state index in [0.717, 1.165) is 48.6 Å². The van der Waals surface area contributed by atoms with Crippen molar-refractivity contribution >= 4 is 38.7 Å². The molecule has 1 aliphatic rings. The van der Waals surface area contributed by atoms with Gasteiger partial charge in [0.15, 0.2) is 5.13 Å². The van der Waals surface area contributed by atoms with E-state index >= 15 is 0 Å². The van der Waals surface area contributed by atoms with Gasteiger partial charge in [0.2, 0.25) is 5.91 Å². The van der Waals surface area contributed by atoms with Crippen molar-refractivity contribution in [3.05, 3.63) is 65.2 Å². The molecule has 1 fully saturated rings. The van der Waals surface area contributed by atoms with E-state index in [1.165, 1.54) is 22.5 Å². The number of nitrogens with zero attached hydrogens (tertiary/aromatic N) is 2. The van der Waals surface area contributed by atoms with Crippen molar-refractivity contribution in [2.75, 3.05) is 31.6 Å². The molecule has 1 N–H and O–H groups in total. The summed E-state index contributed by atoms with van der Waals surface area (Å²) in [5.41, 5.74) is 4.56. The van der Waals surface area contributed by atoms with Crippen LogP contribution >= 0.6 is 11.3 Å². The summed E-state index contributed by atoms with van der Waals surface area (Å²) >= 11 is 1.51. The fourth-order valence-electron chi connectivity index (χ4n) is 3.55. The average Bonchev–Trinajstić information content (AvgIpc) is 3.14. The summed E-state index contributed by atoms with van der Waals surface area (Å²) in [7, 11) is 0. The molecule has 1 amide bonds. The van der Waals surface area contributed by atoms with E-state index in [4.69, 9.17) is 4.74 Å². The summed E-state index contributed by atoms with van der Waals surface area (Å²) in [6, 6.07) is 14.6. The van der Waals surface area contributed by atoms with Gasteiger partial charge in [0.1, 0.15) is 0 Å². The molecule has 0 aliphatic carbocycles. The van der Waals surface area contributed by atoms with Crippen molar-refractivity contribution in [2.24, 2.45) is 0 Å². The maximum atomic E-state index is 12.4. The monoisotopic (exact) mass is 435 g/mol. The molecule has 1 aromatic heterocycles. The van der Waals surface area contributed by atoms with Crippen LogP contribution in [0.5, 0.6) is 0 Å². The van der Waals surface area contributed by atoms with Crippen LogP contribution in [0, 0.1) is 0 Å². The maximum absolute atomic E-state index is 12.4. The van der Waals surface area contributed by atoms with Crippen LogP contribution in [0.1, 0.15) is 37.5 Å².